The molecule has 2 N–H and O–H groups in total. The molecule has 1 fully saturated rings. The van der Waals surface area contributed by atoms with Gasteiger partial charge in [0.2, 0.25) is 0 Å². The number of carbonyl (C=O) groups is 2. The zero-order valence-electron chi connectivity index (χ0n) is 16.4. The van der Waals surface area contributed by atoms with Crippen LogP contribution in [-0.4, -0.2) is 41.2 Å². The summed E-state index contributed by atoms with van der Waals surface area (Å²) in [4.78, 5) is 32.6. The van der Waals surface area contributed by atoms with Gasteiger partial charge < -0.3 is 20.4 Å². The average molecular weight is 392 g/mol. The first-order chi connectivity index (χ1) is 14.0. The van der Waals surface area contributed by atoms with E-state index in [1.807, 2.05) is 61.5 Å². The largest absolute Gasteiger partial charge is 0.386 e. The number of aryl methyl sites for hydroxylation is 1. The van der Waals surface area contributed by atoms with Crippen molar-refractivity contribution in [2.24, 2.45) is 5.16 Å². The van der Waals surface area contributed by atoms with Crippen LogP contribution in [0, 0.1) is 6.92 Å². The Kier molecular flexibility index (Phi) is 5.20. The summed E-state index contributed by atoms with van der Waals surface area (Å²) in [6, 6.07) is 16.8. The van der Waals surface area contributed by atoms with Gasteiger partial charge in [0.25, 0.3) is 5.91 Å². The fourth-order valence-electron chi connectivity index (χ4n) is 3.70. The molecule has 0 aromatic heterocycles. The molecule has 2 heterocycles. The number of rotatable bonds is 3. The van der Waals surface area contributed by atoms with Crippen LogP contribution < -0.4 is 10.6 Å². The molecule has 0 bridgehead atoms. The Balaban J connectivity index is 1.36. The van der Waals surface area contributed by atoms with E-state index < -0.39 is 5.60 Å². The number of para-hydroxylation sites is 1. The van der Waals surface area contributed by atoms with E-state index in [9.17, 15) is 9.59 Å². The van der Waals surface area contributed by atoms with E-state index in [4.69, 9.17) is 4.84 Å². The number of amides is 3. The van der Waals surface area contributed by atoms with Gasteiger partial charge in [-0.2, -0.15) is 0 Å². The molecule has 2 aliphatic rings. The van der Waals surface area contributed by atoms with Gasteiger partial charge in [-0.25, -0.2) is 4.79 Å². The summed E-state index contributed by atoms with van der Waals surface area (Å²) in [5.41, 5.74) is 2.33. The molecular formula is C22H24N4O3. The van der Waals surface area contributed by atoms with Crippen molar-refractivity contribution in [1.29, 1.82) is 0 Å². The summed E-state index contributed by atoms with van der Waals surface area (Å²) in [6.07, 6.45) is 1.94. The molecule has 1 atom stereocenters. The third kappa shape index (κ3) is 4.39. The lowest BCUT2D eigenvalue weighted by Crippen LogP contribution is -2.52. The van der Waals surface area contributed by atoms with Gasteiger partial charge in [0.05, 0.1) is 6.54 Å². The van der Waals surface area contributed by atoms with E-state index in [1.54, 1.807) is 4.90 Å². The van der Waals surface area contributed by atoms with Crippen LogP contribution in [0.1, 0.15) is 24.8 Å². The minimum Gasteiger partial charge on any atom is -0.386 e. The number of hydrogen-bond acceptors (Lipinski definition) is 4. The summed E-state index contributed by atoms with van der Waals surface area (Å²) in [7, 11) is 0. The van der Waals surface area contributed by atoms with E-state index in [0.717, 1.165) is 24.1 Å². The van der Waals surface area contributed by atoms with Crippen molar-refractivity contribution in [2.75, 3.05) is 23.7 Å². The van der Waals surface area contributed by atoms with Crippen molar-refractivity contribution in [2.45, 2.75) is 31.8 Å². The lowest BCUT2D eigenvalue weighted by molar-refractivity contribution is -0.110. The molecule has 1 saturated heterocycles. The number of piperidine rings is 1. The highest BCUT2D eigenvalue weighted by molar-refractivity contribution is 6.43. The maximum atomic E-state index is 12.7. The van der Waals surface area contributed by atoms with Crippen LogP contribution in [0.3, 0.4) is 0 Å². The molecular weight excluding hydrogens is 368 g/mol. The Morgan fingerprint density at radius 3 is 2.52 bits per heavy atom. The van der Waals surface area contributed by atoms with Crippen molar-refractivity contribution in [1.82, 2.24) is 4.90 Å². The van der Waals surface area contributed by atoms with Gasteiger partial charge in [-0.05, 0) is 44.0 Å². The van der Waals surface area contributed by atoms with E-state index >= 15 is 0 Å². The first-order valence-electron chi connectivity index (χ1n) is 9.77. The number of nitrogens with one attached hydrogen (secondary N) is 2. The number of hydrogen-bond donors (Lipinski definition) is 2. The molecule has 1 unspecified atom stereocenters. The van der Waals surface area contributed by atoms with Gasteiger partial charge in [0, 0.05) is 24.3 Å². The highest BCUT2D eigenvalue weighted by atomic mass is 16.7. The van der Waals surface area contributed by atoms with Crippen LogP contribution in [0.2, 0.25) is 0 Å². The lowest BCUT2D eigenvalue weighted by Gasteiger charge is -2.38. The molecule has 7 nitrogen and oxygen atoms in total. The molecule has 7 heteroatoms. The molecule has 0 radical (unpaired) electrons. The second kappa shape index (κ2) is 7.95. The molecule has 0 aliphatic carbocycles. The quantitative estimate of drug-likeness (QED) is 0.834. The molecule has 0 saturated carbocycles. The Morgan fingerprint density at radius 2 is 1.76 bits per heavy atom. The minimum absolute atomic E-state index is 0.168. The predicted molar refractivity (Wildman–Crippen MR) is 112 cm³/mol. The SMILES string of the molecule is Cc1ccc(NC(=O)N2CCCC3(CC(C(=O)Nc4ccccc4)=NO3)C2)cc1. The zero-order valence-corrected chi connectivity index (χ0v) is 16.4. The summed E-state index contributed by atoms with van der Waals surface area (Å²) < 4.78 is 0. The predicted octanol–water partition coefficient (Wildman–Crippen LogP) is 3.78. The lowest BCUT2D eigenvalue weighted by atomic mass is 9.88. The first kappa shape index (κ1) is 19.0. The molecule has 29 heavy (non-hydrogen) atoms. The average Bonchev–Trinajstić information content (AvgIpc) is 3.14. The van der Waals surface area contributed by atoms with Crippen molar-refractivity contribution in [3.63, 3.8) is 0 Å². The maximum Gasteiger partial charge on any atom is 0.321 e. The third-order valence-electron chi connectivity index (χ3n) is 5.26. The molecule has 4 rings (SSSR count). The van der Waals surface area contributed by atoms with Crippen LogP contribution in [0.4, 0.5) is 16.2 Å². The number of nitrogens with zero attached hydrogens (tertiary/aromatic N) is 2. The summed E-state index contributed by atoms with van der Waals surface area (Å²) in [5, 5.41) is 9.80. The topological polar surface area (TPSA) is 83.0 Å². The van der Waals surface area contributed by atoms with Crippen LogP contribution in [0.5, 0.6) is 0 Å². The highest BCUT2D eigenvalue weighted by Gasteiger charge is 2.45. The summed E-state index contributed by atoms with van der Waals surface area (Å²) in [6.45, 7) is 3.05. The molecule has 1 spiro atoms. The normalized spacial score (nSPS) is 20.7. The van der Waals surface area contributed by atoms with Crippen LogP contribution in [0.25, 0.3) is 0 Å². The van der Waals surface area contributed by atoms with E-state index in [0.29, 0.717) is 30.9 Å². The highest BCUT2D eigenvalue weighted by Crippen LogP contribution is 2.34. The number of likely N-dealkylation sites (tertiary alicyclic amines) is 1. The second-order valence-corrected chi connectivity index (χ2v) is 7.63. The number of urea groups is 1. The summed E-state index contributed by atoms with van der Waals surface area (Å²) in [5.74, 6) is -0.269. The van der Waals surface area contributed by atoms with Gasteiger partial charge in [-0.15, -0.1) is 0 Å². The fraction of sp³-hybridized carbons (Fsp3) is 0.318. The van der Waals surface area contributed by atoms with Crippen LogP contribution >= 0.6 is 0 Å². The number of anilines is 2. The standard InChI is InChI=1S/C22H24N4O3/c1-16-8-10-18(11-9-16)24-21(28)26-13-5-12-22(15-26)14-19(25-29-22)20(27)23-17-6-3-2-4-7-17/h2-4,6-11H,5,12-15H2,1H3,(H,23,27)(H,24,28). The van der Waals surface area contributed by atoms with Gasteiger partial charge in [-0.1, -0.05) is 41.1 Å². The van der Waals surface area contributed by atoms with Crippen LogP contribution in [-0.2, 0) is 9.63 Å². The molecule has 2 aromatic rings. The summed E-state index contributed by atoms with van der Waals surface area (Å²) >= 11 is 0. The Morgan fingerprint density at radius 1 is 1.03 bits per heavy atom. The van der Waals surface area contributed by atoms with E-state index in [-0.39, 0.29) is 11.9 Å². The van der Waals surface area contributed by atoms with Crippen molar-refractivity contribution >= 4 is 29.0 Å². The number of oxime groups is 1. The number of carbonyl (C=O) groups excluding carboxylic acids is 2. The Bertz CT molecular complexity index is 927. The van der Waals surface area contributed by atoms with Crippen molar-refractivity contribution < 1.29 is 14.4 Å². The van der Waals surface area contributed by atoms with Gasteiger partial charge in [0.15, 0.2) is 5.60 Å². The monoisotopic (exact) mass is 392 g/mol. The van der Waals surface area contributed by atoms with Crippen LogP contribution in [0.15, 0.2) is 59.8 Å². The van der Waals surface area contributed by atoms with E-state index in [2.05, 4.69) is 15.8 Å². The Labute approximate surface area is 169 Å². The molecule has 2 aliphatic heterocycles. The first-order valence-corrected chi connectivity index (χ1v) is 9.77. The van der Waals surface area contributed by atoms with Gasteiger partial charge in [-0.3, -0.25) is 4.79 Å². The molecule has 3 amide bonds. The molecule has 150 valence electrons. The third-order valence-corrected chi connectivity index (χ3v) is 5.26. The minimum atomic E-state index is -0.633. The van der Waals surface area contributed by atoms with Gasteiger partial charge >= 0.3 is 6.03 Å². The Hall–Kier alpha value is -3.35. The zero-order chi connectivity index (χ0) is 20.3. The smallest absolute Gasteiger partial charge is 0.321 e. The van der Waals surface area contributed by atoms with Crippen molar-refractivity contribution in [3.8, 4) is 0 Å². The maximum absolute atomic E-state index is 12.7. The molecule has 2 aromatic carbocycles. The second-order valence-electron chi connectivity index (χ2n) is 7.63. The van der Waals surface area contributed by atoms with Gasteiger partial charge in [0.1, 0.15) is 5.71 Å². The fourth-order valence-corrected chi connectivity index (χ4v) is 3.70. The number of benzene rings is 2. The van der Waals surface area contributed by atoms with E-state index in [1.165, 1.54) is 0 Å². The van der Waals surface area contributed by atoms with Crippen molar-refractivity contribution in [3.05, 3.63) is 60.2 Å².